The van der Waals surface area contributed by atoms with Crippen LogP contribution >= 0.6 is 11.8 Å². The third-order valence-electron chi connectivity index (χ3n) is 14.8. The summed E-state index contributed by atoms with van der Waals surface area (Å²) in [6, 6.07) is 82.1. The minimum Gasteiger partial charge on any atom is -0.310 e. The molecule has 14 rings (SSSR count). The maximum absolute atomic E-state index is 2.54. The van der Waals surface area contributed by atoms with Crippen molar-refractivity contribution in [2.45, 2.75) is 34.5 Å². The summed E-state index contributed by atoms with van der Waals surface area (Å²) in [7, 11) is 0. The van der Waals surface area contributed by atoms with Crippen molar-refractivity contribution in [3.63, 3.8) is 0 Å². The molecular formula is C62H42N2S. The van der Waals surface area contributed by atoms with Gasteiger partial charge in [0, 0.05) is 48.7 Å². The van der Waals surface area contributed by atoms with Gasteiger partial charge in [0.1, 0.15) is 0 Å². The van der Waals surface area contributed by atoms with Crippen molar-refractivity contribution in [1.82, 2.24) is 4.57 Å². The number of anilines is 3. The second-order valence-corrected chi connectivity index (χ2v) is 19.5. The minimum absolute atomic E-state index is 0.154. The van der Waals surface area contributed by atoms with Crippen molar-refractivity contribution < 1.29 is 0 Å². The highest BCUT2D eigenvalue weighted by atomic mass is 32.2. The summed E-state index contributed by atoms with van der Waals surface area (Å²) in [5.41, 5.74) is 19.6. The Balaban J connectivity index is 1.06. The third kappa shape index (κ3) is 4.96. The molecule has 0 N–H and O–H groups in total. The Hall–Kier alpha value is -7.59. The van der Waals surface area contributed by atoms with Crippen molar-refractivity contribution in [1.29, 1.82) is 0 Å². The lowest BCUT2D eigenvalue weighted by Gasteiger charge is -2.40. The van der Waals surface area contributed by atoms with Gasteiger partial charge in [0.05, 0.1) is 16.4 Å². The number of hydrogen-bond acceptors (Lipinski definition) is 2. The molecule has 3 heteroatoms. The molecule has 2 nitrogen and oxygen atoms in total. The van der Waals surface area contributed by atoms with Gasteiger partial charge in [0.2, 0.25) is 0 Å². The molecule has 2 heterocycles. The number of hydrogen-bond donors (Lipinski definition) is 0. The lowest BCUT2D eigenvalue weighted by atomic mass is 9.66. The van der Waals surface area contributed by atoms with Gasteiger partial charge in [-0.2, -0.15) is 0 Å². The van der Waals surface area contributed by atoms with E-state index in [2.05, 4.69) is 242 Å². The van der Waals surface area contributed by atoms with Gasteiger partial charge in [-0.3, -0.25) is 0 Å². The summed E-state index contributed by atoms with van der Waals surface area (Å²) in [6.45, 7) is 4.76. The van der Waals surface area contributed by atoms with E-state index >= 15 is 0 Å². The molecule has 0 fully saturated rings. The highest BCUT2D eigenvalue weighted by Crippen LogP contribution is 2.64. The highest BCUT2D eigenvalue weighted by Gasteiger charge is 2.51. The van der Waals surface area contributed by atoms with E-state index < -0.39 is 5.41 Å². The third-order valence-corrected chi connectivity index (χ3v) is 16.0. The van der Waals surface area contributed by atoms with Crippen molar-refractivity contribution in [3.05, 3.63) is 252 Å². The predicted molar refractivity (Wildman–Crippen MR) is 272 cm³/mol. The van der Waals surface area contributed by atoms with Crippen LogP contribution < -0.4 is 4.90 Å². The first kappa shape index (κ1) is 36.8. The number of nitrogens with zero attached hydrogens (tertiary/aromatic N) is 2. The Kier molecular flexibility index (Phi) is 7.63. The fourth-order valence-corrected chi connectivity index (χ4v) is 13.2. The molecule has 1 spiro atoms. The van der Waals surface area contributed by atoms with Gasteiger partial charge in [-0.25, -0.2) is 0 Å². The van der Waals surface area contributed by atoms with E-state index in [0.29, 0.717) is 0 Å². The monoisotopic (exact) mass is 846 g/mol. The maximum atomic E-state index is 2.54. The summed E-state index contributed by atoms with van der Waals surface area (Å²) in [6.07, 6.45) is 0. The molecule has 2 aliphatic carbocycles. The number of benzene rings is 10. The topological polar surface area (TPSA) is 8.17 Å². The first-order valence-corrected chi connectivity index (χ1v) is 23.5. The molecule has 0 atom stereocenters. The number of fused-ring (bicyclic) bond motifs is 17. The summed E-state index contributed by atoms with van der Waals surface area (Å²) < 4.78 is 2.41. The van der Waals surface area contributed by atoms with Crippen molar-refractivity contribution >= 4 is 61.4 Å². The summed E-state index contributed by atoms with van der Waals surface area (Å²) in [4.78, 5) is 5.14. The quantitative estimate of drug-likeness (QED) is 0.174. The molecule has 306 valence electrons. The normalized spacial score (nSPS) is 14.5. The average Bonchev–Trinajstić information content (AvgIpc) is 3.93. The second kappa shape index (κ2) is 13.5. The second-order valence-electron chi connectivity index (χ2n) is 18.4. The van der Waals surface area contributed by atoms with E-state index in [0.717, 1.165) is 22.7 Å². The van der Waals surface area contributed by atoms with Crippen LogP contribution in [-0.4, -0.2) is 4.57 Å². The van der Waals surface area contributed by atoms with Gasteiger partial charge in [0.25, 0.3) is 0 Å². The Labute approximate surface area is 383 Å². The van der Waals surface area contributed by atoms with Gasteiger partial charge in [-0.05, 0) is 139 Å². The van der Waals surface area contributed by atoms with Crippen LogP contribution in [0.15, 0.2) is 228 Å². The van der Waals surface area contributed by atoms with E-state index in [1.165, 1.54) is 98.0 Å². The summed E-state index contributed by atoms with van der Waals surface area (Å²) in [5, 5.41) is 5.03. The molecule has 10 aromatic carbocycles. The minimum atomic E-state index is -0.541. The van der Waals surface area contributed by atoms with E-state index in [1.807, 2.05) is 11.8 Å². The summed E-state index contributed by atoms with van der Waals surface area (Å²) >= 11 is 1.90. The van der Waals surface area contributed by atoms with Crippen LogP contribution in [0.1, 0.15) is 47.2 Å². The largest absolute Gasteiger partial charge is 0.310 e. The van der Waals surface area contributed by atoms with Gasteiger partial charge in [0.15, 0.2) is 0 Å². The smallest absolute Gasteiger partial charge is 0.0742 e. The van der Waals surface area contributed by atoms with Crippen molar-refractivity contribution in [2.24, 2.45) is 0 Å². The molecule has 0 bridgehead atoms. The fourth-order valence-electron chi connectivity index (χ4n) is 12.0. The van der Waals surface area contributed by atoms with Crippen LogP contribution in [0.4, 0.5) is 17.1 Å². The molecule has 0 amide bonds. The first-order chi connectivity index (χ1) is 32.0. The molecule has 1 aliphatic heterocycles. The zero-order valence-corrected chi connectivity index (χ0v) is 36.9. The predicted octanol–water partition coefficient (Wildman–Crippen LogP) is 16.5. The van der Waals surface area contributed by atoms with E-state index in [-0.39, 0.29) is 5.41 Å². The Morgan fingerprint density at radius 1 is 0.385 bits per heavy atom. The van der Waals surface area contributed by atoms with Crippen LogP contribution in [-0.2, 0) is 10.8 Å². The van der Waals surface area contributed by atoms with Gasteiger partial charge >= 0.3 is 0 Å². The van der Waals surface area contributed by atoms with Crippen LogP contribution in [0.3, 0.4) is 0 Å². The molecule has 65 heavy (non-hydrogen) atoms. The van der Waals surface area contributed by atoms with E-state index in [4.69, 9.17) is 0 Å². The summed E-state index contributed by atoms with van der Waals surface area (Å²) in [5.74, 6) is 0. The highest BCUT2D eigenvalue weighted by molar-refractivity contribution is 7.99. The van der Waals surface area contributed by atoms with Crippen LogP contribution in [0.5, 0.6) is 0 Å². The van der Waals surface area contributed by atoms with Crippen molar-refractivity contribution in [2.75, 3.05) is 4.90 Å². The number of rotatable bonds is 4. The standard InChI is InChI=1S/C62H42N2S/c1-61(2)51-22-10-8-20-45(51)46-33-29-42(37-54(46)61)63(41-31-35-57-50(36-41)48-21-9-13-25-56(48)64(57)40-17-4-3-5-18-40)43-30-34-47-49-32-28-39-16-6-7-19-44(39)60(49)62(55(47)38-43)52-23-11-14-26-58(52)65-59-27-15-12-24-53(59)62/h3-38H,1-2H3. The lowest BCUT2D eigenvalue weighted by molar-refractivity contribution is 0.660. The molecule has 3 aliphatic rings. The number of para-hydroxylation sites is 2. The Morgan fingerprint density at radius 3 is 1.69 bits per heavy atom. The van der Waals surface area contributed by atoms with Gasteiger partial charge in [-0.1, -0.05) is 171 Å². The SMILES string of the molecule is CC1(C)c2ccccc2-c2ccc(N(c3ccc4c(c3)C3(c5ccccc5Sc5ccccc53)c3c-4ccc4ccccc34)c3ccc4c(c3)c3ccccc3n4-c3ccccc3)cc21. The maximum Gasteiger partial charge on any atom is 0.0742 e. The van der Waals surface area contributed by atoms with E-state index in [9.17, 15) is 0 Å². The molecule has 1 aromatic heterocycles. The average molecular weight is 847 g/mol. The Bertz CT molecular complexity index is 3750. The Morgan fingerprint density at radius 2 is 0.923 bits per heavy atom. The van der Waals surface area contributed by atoms with E-state index in [1.54, 1.807) is 0 Å². The van der Waals surface area contributed by atoms with Crippen LogP contribution in [0.2, 0.25) is 0 Å². The number of aromatic nitrogens is 1. The van der Waals surface area contributed by atoms with Crippen LogP contribution in [0, 0.1) is 0 Å². The zero-order valence-electron chi connectivity index (χ0n) is 36.1. The fraction of sp³-hybridized carbons (Fsp3) is 0.0645. The molecule has 0 radical (unpaired) electrons. The van der Waals surface area contributed by atoms with Gasteiger partial charge in [-0.15, -0.1) is 0 Å². The first-order valence-electron chi connectivity index (χ1n) is 22.7. The zero-order chi connectivity index (χ0) is 43.0. The van der Waals surface area contributed by atoms with Crippen LogP contribution in [0.25, 0.3) is 60.5 Å². The molecule has 0 saturated carbocycles. The lowest BCUT2D eigenvalue weighted by Crippen LogP contribution is -2.32. The molecule has 11 aromatic rings. The van der Waals surface area contributed by atoms with Crippen molar-refractivity contribution in [3.8, 4) is 27.9 Å². The molecular weight excluding hydrogens is 805 g/mol. The molecule has 0 saturated heterocycles. The van der Waals surface area contributed by atoms with Gasteiger partial charge < -0.3 is 9.47 Å². The molecule has 0 unspecified atom stereocenters.